The number of rotatable bonds is 6. The van der Waals surface area contributed by atoms with E-state index in [0.717, 1.165) is 6.08 Å². The highest BCUT2D eigenvalue weighted by atomic mass is 16.5. The Labute approximate surface area is 106 Å². The second-order valence-electron chi connectivity index (χ2n) is 5.02. The van der Waals surface area contributed by atoms with Gasteiger partial charge in [-0.3, -0.25) is 9.59 Å². The predicted molar refractivity (Wildman–Crippen MR) is 63.8 cm³/mol. The second kappa shape index (κ2) is 5.33. The van der Waals surface area contributed by atoms with E-state index >= 15 is 0 Å². The summed E-state index contributed by atoms with van der Waals surface area (Å²) in [7, 11) is 0. The van der Waals surface area contributed by atoms with E-state index in [0.29, 0.717) is 6.42 Å². The summed E-state index contributed by atoms with van der Waals surface area (Å²) in [5.74, 6) is -3.21. The molecule has 18 heavy (non-hydrogen) atoms. The van der Waals surface area contributed by atoms with Gasteiger partial charge in [-0.1, -0.05) is 26.8 Å². The Bertz CT molecular complexity index is 394. The standard InChI is InChI=1S/C13H18O5/c1-4-7-18-12(17)9(14)6-5-8-10(11(15)16)13(8,2)3/h5-6,8,10H,4,7H2,1-3H3,(H,15,16). The zero-order valence-electron chi connectivity index (χ0n) is 10.8. The molecular weight excluding hydrogens is 236 g/mol. The molecule has 1 fully saturated rings. The number of aliphatic carboxylic acids is 1. The summed E-state index contributed by atoms with van der Waals surface area (Å²) in [6.45, 7) is 5.68. The van der Waals surface area contributed by atoms with Crippen molar-refractivity contribution in [1.82, 2.24) is 0 Å². The fourth-order valence-electron chi connectivity index (χ4n) is 2.03. The molecule has 0 radical (unpaired) electrons. The molecule has 0 aliphatic heterocycles. The maximum absolute atomic E-state index is 11.4. The molecule has 0 spiro atoms. The number of ketones is 1. The third-order valence-corrected chi connectivity index (χ3v) is 3.27. The van der Waals surface area contributed by atoms with Crippen LogP contribution in [0.3, 0.4) is 0 Å². The first-order valence-corrected chi connectivity index (χ1v) is 5.94. The van der Waals surface area contributed by atoms with Crippen LogP contribution in [0.1, 0.15) is 27.2 Å². The van der Waals surface area contributed by atoms with E-state index in [9.17, 15) is 14.4 Å². The van der Waals surface area contributed by atoms with E-state index in [2.05, 4.69) is 4.74 Å². The van der Waals surface area contributed by atoms with Gasteiger partial charge in [0.15, 0.2) is 0 Å². The van der Waals surface area contributed by atoms with Crippen molar-refractivity contribution in [3.63, 3.8) is 0 Å². The first-order chi connectivity index (χ1) is 8.32. The van der Waals surface area contributed by atoms with Gasteiger partial charge in [0.05, 0.1) is 12.5 Å². The normalized spacial score (nSPS) is 24.8. The molecule has 0 heterocycles. The van der Waals surface area contributed by atoms with Crippen molar-refractivity contribution in [3.05, 3.63) is 12.2 Å². The molecule has 0 bridgehead atoms. The highest BCUT2D eigenvalue weighted by Gasteiger charge is 2.60. The average Bonchev–Trinajstić information content (AvgIpc) is 2.84. The number of carboxylic acid groups (broad SMARTS) is 1. The summed E-state index contributed by atoms with van der Waals surface area (Å²) in [4.78, 5) is 33.4. The quantitative estimate of drug-likeness (QED) is 0.440. The van der Waals surface area contributed by atoms with Gasteiger partial charge in [0, 0.05) is 0 Å². The zero-order chi connectivity index (χ0) is 13.9. The topological polar surface area (TPSA) is 80.7 Å². The Morgan fingerprint density at radius 2 is 1.94 bits per heavy atom. The zero-order valence-corrected chi connectivity index (χ0v) is 10.8. The van der Waals surface area contributed by atoms with E-state index in [1.807, 2.05) is 20.8 Å². The van der Waals surface area contributed by atoms with Crippen molar-refractivity contribution in [1.29, 1.82) is 0 Å². The largest absolute Gasteiger partial charge is 0.481 e. The Balaban J connectivity index is 2.53. The van der Waals surface area contributed by atoms with Crippen LogP contribution in [0.5, 0.6) is 0 Å². The summed E-state index contributed by atoms with van der Waals surface area (Å²) in [5, 5.41) is 8.94. The fraction of sp³-hybridized carbons (Fsp3) is 0.615. The molecule has 1 N–H and O–H groups in total. The Kier molecular flexibility index (Phi) is 4.27. The molecule has 0 saturated heterocycles. The monoisotopic (exact) mass is 254 g/mol. The van der Waals surface area contributed by atoms with E-state index < -0.39 is 23.6 Å². The summed E-state index contributed by atoms with van der Waals surface area (Å²) < 4.78 is 4.68. The highest BCUT2D eigenvalue weighted by molar-refractivity contribution is 6.38. The van der Waals surface area contributed by atoms with Crippen LogP contribution in [0, 0.1) is 17.3 Å². The van der Waals surface area contributed by atoms with Crippen molar-refractivity contribution in [3.8, 4) is 0 Å². The molecule has 1 aliphatic rings. The van der Waals surface area contributed by atoms with Gasteiger partial charge in [-0.05, 0) is 23.8 Å². The number of hydrogen-bond acceptors (Lipinski definition) is 4. The number of carbonyl (C=O) groups is 3. The molecule has 2 atom stereocenters. The second-order valence-corrected chi connectivity index (χ2v) is 5.02. The minimum absolute atomic E-state index is 0.210. The summed E-state index contributed by atoms with van der Waals surface area (Å²) >= 11 is 0. The minimum Gasteiger partial charge on any atom is -0.481 e. The lowest BCUT2D eigenvalue weighted by molar-refractivity contribution is -0.151. The maximum atomic E-state index is 11.4. The Morgan fingerprint density at radius 3 is 2.39 bits per heavy atom. The first-order valence-electron chi connectivity index (χ1n) is 5.94. The molecule has 1 rings (SSSR count). The third-order valence-electron chi connectivity index (χ3n) is 3.27. The maximum Gasteiger partial charge on any atom is 0.379 e. The molecule has 0 amide bonds. The number of esters is 1. The van der Waals surface area contributed by atoms with Crippen LogP contribution < -0.4 is 0 Å². The fourth-order valence-corrected chi connectivity index (χ4v) is 2.03. The van der Waals surface area contributed by atoms with Gasteiger partial charge < -0.3 is 9.84 Å². The van der Waals surface area contributed by atoms with Gasteiger partial charge in [-0.25, -0.2) is 4.79 Å². The van der Waals surface area contributed by atoms with Crippen molar-refractivity contribution in [2.45, 2.75) is 27.2 Å². The number of allylic oxidation sites excluding steroid dienone is 1. The molecule has 5 heteroatoms. The lowest BCUT2D eigenvalue weighted by Gasteiger charge is -1.98. The number of hydrogen-bond donors (Lipinski definition) is 1. The highest BCUT2D eigenvalue weighted by Crippen LogP contribution is 2.58. The predicted octanol–water partition coefficient (Wildman–Crippen LogP) is 1.42. The van der Waals surface area contributed by atoms with E-state index in [4.69, 9.17) is 5.11 Å². The van der Waals surface area contributed by atoms with Gasteiger partial charge in [0.2, 0.25) is 0 Å². The summed E-state index contributed by atoms with van der Waals surface area (Å²) in [6, 6.07) is 0. The molecular formula is C13H18O5. The number of ether oxygens (including phenoxy) is 1. The van der Waals surface area contributed by atoms with Crippen molar-refractivity contribution in [2.24, 2.45) is 17.3 Å². The molecule has 1 aliphatic carbocycles. The molecule has 1 saturated carbocycles. The van der Waals surface area contributed by atoms with Crippen LogP contribution in [-0.4, -0.2) is 29.4 Å². The third kappa shape index (κ3) is 2.97. The van der Waals surface area contributed by atoms with Gasteiger partial charge in [0.25, 0.3) is 5.78 Å². The number of carboxylic acids is 1. The van der Waals surface area contributed by atoms with Crippen LogP contribution in [0.2, 0.25) is 0 Å². The molecule has 0 aromatic rings. The Morgan fingerprint density at radius 1 is 1.33 bits per heavy atom. The average molecular weight is 254 g/mol. The van der Waals surface area contributed by atoms with Crippen molar-refractivity contribution < 1.29 is 24.2 Å². The smallest absolute Gasteiger partial charge is 0.379 e. The molecule has 2 unspecified atom stereocenters. The van der Waals surface area contributed by atoms with E-state index in [1.54, 1.807) is 0 Å². The molecule has 100 valence electrons. The number of carbonyl (C=O) groups excluding carboxylic acids is 2. The van der Waals surface area contributed by atoms with Gasteiger partial charge >= 0.3 is 11.9 Å². The van der Waals surface area contributed by atoms with E-state index in [1.165, 1.54) is 6.08 Å². The van der Waals surface area contributed by atoms with Crippen LogP contribution in [0.25, 0.3) is 0 Å². The van der Waals surface area contributed by atoms with Crippen LogP contribution >= 0.6 is 0 Å². The lowest BCUT2D eigenvalue weighted by atomic mass is 10.1. The van der Waals surface area contributed by atoms with Crippen LogP contribution in [0.4, 0.5) is 0 Å². The lowest BCUT2D eigenvalue weighted by Crippen LogP contribution is -2.15. The first kappa shape index (κ1) is 14.4. The van der Waals surface area contributed by atoms with Gasteiger partial charge in [0.1, 0.15) is 0 Å². The minimum atomic E-state index is -0.890. The van der Waals surface area contributed by atoms with Crippen LogP contribution in [-0.2, 0) is 19.1 Å². The molecule has 5 nitrogen and oxygen atoms in total. The van der Waals surface area contributed by atoms with Gasteiger partial charge in [-0.2, -0.15) is 0 Å². The SMILES string of the molecule is CCCOC(=O)C(=O)C=CC1C(C(=O)O)C1(C)C. The van der Waals surface area contributed by atoms with Crippen molar-refractivity contribution in [2.75, 3.05) is 6.61 Å². The molecule has 0 aromatic carbocycles. The Hall–Kier alpha value is -1.65. The van der Waals surface area contributed by atoms with Gasteiger partial charge in [-0.15, -0.1) is 0 Å². The summed E-state index contributed by atoms with van der Waals surface area (Å²) in [6.07, 6.45) is 3.27. The van der Waals surface area contributed by atoms with Crippen LogP contribution in [0.15, 0.2) is 12.2 Å². The van der Waals surface area contributed by atoms with E-state index in [-0.39, 0.29) is 17.9 Å². The van der Waals surface area contributed by atoms with Crippen molar-refractivity contribution >= 4 is 17.7 Å². The summed E-state index contributed by atoms with van der Waals surface area (Å²) in [5.41, 5.74) is -0.365. The molecule has 0 aromatic heterocycles.